The molecule has 0 bridgehead atoms. The normalized spacial score (nSPS) is 20.5. The SMILES string of the molecule is CC(C)(C)c1ccc([C@H]2c3cc4c(cc3B3c5cc(N6c7ccc([Si](c8ccccc8)(c8ccccc8)c8ccccc8)cc7C7(C)CC(C)(C)C(C)(C)CC67C)ccc5N(c5ccc(C(C)(C)C)cc5-c5ccccc5)c5cc(C(C)(C)C)cc2c53)C(C)(C)CCC4(C)C)c(-c2ccccc2)c1. The molecule has 0 N–H and O–H groups in total. The molecule has 2 unspecified atom stereocenters. The van der Waals surface area contributed by atoms with Crippen molar-refractivity contribution >= 4 is 80.4 Å². The summed E-state index contributed by atoms with van der Waals surface area (Å²) in [4.78, 5) is 5.67. The van der Waals surface area contributed by atoms with E-state index >= 15 is 0 Å². The van der Waals surface area contributed by atoms with Gasteiger partial charge in [0.25, 0.3) is 0 Å². The molecule has 5 aliphatic rings. The van der Waals surface area contributed by atoms with Crippen LogP contribution < -0.4 is 46.9 Å². The number of hydrogen-bond acceptors (Lipinski definition) is 2. The Hall–Kier alpha value is -8.70. The molecular weight excluding hydrogens is 1260 g/mol. The quantitative estimate of drug-likeness (QED) is 0.105. The minimum atomic E-state index is -2.94. The first-order chi connectivity index (χ1) is 48.7. The van der Waals surface area contributed by atoms with Crippen LogP contribution in [0.1, 0.15) is 213 Å². The fraction of sp³-hybridized carbons (Fsp3) is 0.333. The average molecular weight is 1360 g/mol. The summed E-state index contributed by atoms with van der Waals surface area (Å²) in [6, 6.07) is 99.1. The van der Waals surface area contributed by atoms with Gasteiger partial charge in [0.1, 0.15) is 0 Å². The van der Waals surface area contributed by atoms with E-state index in [1.165, 1.54) is 138 Å². The zero-order valence-electron chi connectivity index (χ0n) is 65.0. The molecule has 1 saturated carbocycles. The fourth-order valence-corrected chi connectivity index (χ4v) is 24.9. The molecule has 0 saturated heterocycles. The fourth-order valence-electron chi connectivity index (χ4n) is 20.1. The molecule has 3 aliphatic heterocycles. The van der Waals surface area contributed by atoms with Crippen LogP contribution in [0.4, 0.5) is 28.4 Å². The Morgan fingerprint density at radius 2 is 0.835 bits per heavy atom. The minimum Gasteiger partial charge on any atom is -0.334 e. The van der Waals surface area contributed by atoms with E-state index in [9.17, 15) is 0 Å². The van der Waals surface area contributed by atoms with Crippen molar-refractivity contribution in [3.05, 3.63) is 299 Å². The lowest BCUT2D eigenvalue weighted by Crippen LogP contribution is -2.74. The second kappa shape index (κ2) is 23.7. The molecule has 0 aromatic heterocycles. The maximum absolute atomic E-state index is 2.94. The van der Waals surface area contributed by atoms with Crippen LogP contribution in [-0.4, -0.2) is 20.3 Å². The molecule has 0 spiro atoms. The van der Waals surface area contributed by atoms with Crippen molar-refractivity contribution in [1.82, 2.24) is 0 Å². The van der Waals surface area contributed by atoms with E-state index < -0.39 is 8.07 Å². The average Bonchev–Trinajstić information content (AvgIpc) is 1.63. The van der Waals surface area contributed by atoms with Gasteiger partial charge in [-0.1, -0.05) is 336 Å². The zero-order valence-corrected chi connectivity index (χ0v) is 66.0. The molecule has 3 heterocycles. The summed E-state index contributed by atoms with van der Waals surface area (Å²) in [7, 11) is -2.94. The van der Waals surface area contributed by atoms with Crippen molar-refractivity contribution < 1.29 is 0 Å². The van der Waals surface area contributed by atoms with Crippen LogP contribution in [0.3, 0.4) is 0 Å². The van der Waals surface area contributed by atoms with Crippen LogP contribution in [0.25, 0.3) is 22.3 Å². The van der Waals surface area contributed by atoms with Crippen LogP contribution in [0, 0.1) is 10.8 Å². The molecule has 11 aromatic carbocycles. The summed E-state index contributed by atoms with van der Waals surface area (Å²) < 4.78 is 0. The zero-order chi connectivity index (χ0) is 72.6. The molecule has 11 aromatic rings. The van der Waals surface area contributed by atoms with Crippen LogP contribution in [0.2, 0.25) is 0 Å². The highest BCUT2D eigenvalue weighted by Crippen LogP contribution is 2.68. The van der Waals surface area contributed by atoms with Gasteiger partial charge in [-0.05, 0) is 211 Å². The summed E-state index contributed by atoms with van der Waals surface area (Å²) >= 11 is 0. The van der Waals surface area contributed by atoms with Crippen molar-refractivity contribution in [2.75, 3.05) is 9.80 Å². The lowest BCUT2D eigenvalue weighted by Gasteiger charge is -2.61. The van der Waals surface area contributed by atoms with E-state index in [1.807, 2.05) is 0 Å². The largest absolute Gasteiger partial charge is 0.334 e. The van der Waals surface area contributed by atoms with Gasteiger partial charge in [0.05, 0.1) is 11.2 Å². The third-order valence-corrected chi connectivity index (χ3v) is 31.7. The van der Waals surface area contributed by atoms with Gasteiger partial charge < -0.3 is 9.80 Å². The number of anilines is 5. The molecular formula is C99H107BN2Si. The number of benzene rings is 11. The van der Waals surface area contributed by atoms with Gasteiger partial charge in [-0.2, -0.15) is 0 Å². The first kappa shape index (κ1) is 68.7. The lowest BCUT2D eigenvalue weighted by atomic mass is 9.30. The highest BCUT2D eigenvalue weighted by atomic mass is 28.3. The summed E-state index contributed by atoms with van der Waals surface area (Å²) in [6.45, 7) is 47.2. The van der Waals surface area contributed by atoms with Crippen LogP contribution in [-0.2, 0) is 32.5 Å². The Kier molecular flexibility index (Phi) is 15.8. The second-order valence-corrected chi connectivity index (χ2v) is 41.7. The maximum Gasteiger partial charge on any atom is 0.247 e. The Morgan fingerprint density at radius 3 is 1.38 bits per heavy atom. The van der Waals surface area contributed by atoms with E-state index in [1.54, 1.807) is 0 Å². The van der Waals surface area contributed by atoms with Crippen molar-refractivity contribution in [2.24, 2.45) is 10.8 Å². The van der Waals surface area contributed by atoms with Gasteiger partial charge in [-0.3, -0.25) is 0 Å². The summed E-state index contributed by atoms with van der Waals surface area (Å²) in [5.74, 6) is -0.0912. The highest BCUT2D eigenvalue weighted by molar-refractivity contribution is 7.20. The lowest BCUT2D eigenvalue weighted by molar-refractivity contribution is -0.0311. The standard InChI is InChI=1S/C99H107BN2Si/c1-91(2,3)67-45-49-75(76(55-67)65-35-25-20-26-36-65)89-78-61-80-81(95(12,13)54-53-94(80,10)11)62-83(78)100-84-59-70(47-51-87(84)101(88-58-69(93(7,8)9)57-79(89)90(88)100)85-50-46-68(92(4,5)6)56-77(85)66-37-27-21-28-38-66)102-86-52-48-74(60-82(86)98(18)63-96(14,15)97(16,17)64-99(98,102)19)103(71-39-29-22-30-40-71,72-41-31-23-32-42-72)73-43-33-24-34-44-73/h20-52,55-62,89H,53-54,63-64H2,1-19H3/t89-,98?,99?/m0/s1. The second-order valence-electron chi connectivity index (χ2n) is 37.9. The van der Waals surface area contributed by atoms with E-state index in [4.69, 9.17) is 0 Å². The Balaban J connectivity index is 1.03. The summed E-state index contributed by atoms with van der Waals surface area (Å²) in [6.07, 6.45) is 4.33. The van der Waals surface area contributed by atoms with Crippen LogP contribution in [0.5, 0.6) is 0 Å². The molecule has 0 amide bonds. The van der Waals surface area contributed by atoms with E-state index in [-0.39, 0.29) is 61.5 Å². The van der Waals surface area contributed by atoms with E-state index in [0.717, 1.165) is 25.7 Å². The topological polar surface area (TPSA) is 6.48 Å². The van der Waals surface area contributed by atoms with E-state index in [0.29, 0.717) is 0 Å². The van der Waals surface area contributed by atoms with Crippen molar-refractivity contribution in [2.45, 2.75) is 201 Å². The van der Waals surface area contributed by atoms with Gasteiger partial charge in [0.15, 0.2) is 8.07 Å². The monoisotopic (exact) mass is 1360 g/mol. The van der Waals surface area contributed by atoms with Gasteiger partial charge in [0, 0.05) is 39.6 Å². The van der Waals surface area contributed by atoms with Crippen molar-refractivity contribution in [1.29, 1.82) is 0 Å². The molecule has 520 valence electrons. The highest BCUT2D eigenvalue weighted by Gasteiger charge is 2.66. The summed E-state index contributed by atoms with van der Waals surface area (Å²) in [5.41, 5.74) is 27.4. The van der Waals surface area contributed by atoms with Crippen molar-refractivity contribution in [3.63, 3.8) is 0 Å². The molecule has 0 radical (unpaired) electrons. The Bertz CT molecular complexity index is 5040. The summed E-state index contributed by atoms with van der Waals surface area (Å²) in [5, 5.41) is 5.64. The number of rotatable bonds is 9. The van der Waals surface area contributed by atoms with Gasteiger partial charge in [-0.15, -0.1) is 0 Å². The molecule has 1 fully saturated rings. The predicted octanol–water partition coefficient (Wildman–Crippen LogP) is 21.4. The predicted molar refractivity (Wildman–Crippen MR) is 447 cm³/mol. The van der Waals surface area contributed by atoms with Gasteiger partial charge >= 0.3 is 0 Å². The number of nitrogens with zero attached hydrogens (tertiary/aromatic N) is 2. The Morgan fingerprint density at radius 1 is 0.359 bits per heavy atom. The molecule has 4 heteroatoms. The van der Waals surface area contributed by atoms with Crippen molar-refractivity contribution in [3.8, 4) is 22.3 Å². The molecule has 3 atom stereocenters. The van der Waals surface area contributed by atoms with Gasteiger partial charge in [0.2, 0.25) is 6.71 Å². The maximum atomic E-state index is 2.91. The molecule has 103 heavy (non-hydrogen) atoms. The first-order valence-electron chi connectivity index (χ1n) is 38.5. The van der Waals surface area contributed by atoms with Crippen LogP contribution in [0.15, 0.2) is 249 Å². The van der Waals surface area contributed by atoms with E-state index in [2.05, 4.69) is 390 Å². The minimum absolute atomic E-state index is 0.00163. The Labute approximate surface area is 619 Å². The third kappa shape index (κ3) is 10.6. The molecule has 16 rings (SSSR count). The molecule has 2 nitrogen and oxygen atoms in total. The number of hydrogen-bond donors (Lipinski definition) is 0. The van der Waals surface area contributed by atoms with Crippen LogP contribution >= 0.6 is 0 Å². The van der Waals surface area contributed by atoms with Gasteiger partial charge in [-0.25, -0.2) is 0 Å². The molecule has 2 aliphatic carbocycles. The number of fused-ring (bicyclic) bond motifs is 8. The smallest absolute Gasteiger partial charge is 0.247 e. The third-order valence-electron chi connectivity index (χ3n) is 26.9. The first-order valence-corrected chi connectivity index (χ1v) is 40.5.